The minimum Gasteiger partial charge on any atom is -0.322 e. The van der Waals surface area contributed by atoms with Crippen LogP contribution in [0.5, 0.6) is 0 Å². The summed E-state index contributed by atoms with van der Waals surface area (Å²) in [6, 6.07) is 5.48. The standard InChI is InChI=1S/C23H29N3O3/c27-20-5-4-19(21(28)25-20)26-13-18-16(2-1-3-17(18)22(26)29)12-15-6-8-23(9-7-15)10-11-24-14-23/h1-3,15,19,24H,4-14H2,(H,25,27,28). The monoisotopic (exact) mass is 395 g/mol. The first-order valence-corrected chi connectivity index (χ1v) is 11.0. The number of amides is 3. The molecule has 1 aromatic rings. The number of carbonyl (C=O) groups excluding carboxylic acids is 3. The maximum Gasteiger partial charge on any atom is 0.255 e. The van der Waals surface area contributed by atoms with Gasteiger partial charge in [0.2, 0.25) is 11.8 Å². The molecule has 0 radical (unpaired) electrons. The van der Waals surface area contributed by atoms with Crippen molar-refractivity contribution in [2.24, 2.45) is 11.3 Å². The van der Waals surface area contributed by atoms with E-state index < -0.39 is 6.04 Å². The maximum absolute atomic E-state index is 13.0. The fourth-order valence-electron chi connectivity index (χ4n) is 5.87. The summed E-state index contributed by atoms with van der Waals surface area (Å²) in [4.78, 5) is 38.4. The molecule has 0 bridgehead atoms. The zero-order chi connectivity index (χ0) is 20.0. The second kappa shape index (κ2) is 7.24. The highest BCUT2D eigenvalue weighted by Gasteiger charge is 2.41. The van der Waals surface area contributed by atoms with E-state index in [9.17, 15) is 14.4 Å². The van der Waals surface area contributed by atoms with Gasteiger partial charge in [0.1, 0.15) is 6.04 Å². The Hall–Kier alpha value is -2.21. The predicted molar refractivity (Wildman–Crippen MR) is 108 cm³/mol. The van der Waals surface area contributed by atoms with Gasteiger partial charge in [0.05, 0.1) is 0 Å². The van der Waals surface area contributed by atoms with Crippen molar-refractivity contribution < 1.29 is 14.4 Å². The molecule has 1 aromatic carbocycles. The molecule has 1 spiro atoms. The van der Waals surface area contributed by atoms with Crippen molar-refractivity contribution in [3.8, 4) is 0 Å². The van der Waals surface area contributed by atoms with Gasteiger partial charge in [0.25, 0.3) is 5.91 Å². The zero-order valence-corrected chi connectivity index (χ0v) is 16.8. The van der Waals surface area contributed by atoms with Crippen LogP contribution >= 0.6 is 0 Å². The lowest BCUT2D eigenvalue weighted by Gasteiger charge is -2.37. The summed E-state index contributed by atoms with van der Waals surface area (Å²) >= 11 is 0. The summed E-state index contributed by atoms with van der Waals surface area (Å²) in [7, 11) is 0. The van der Waals surface area contributed by atoms with Gasteiger partial charge in [0.15, 0.2) is 0 Å². The second-order valence-corrected chi connectivity index (χ2v) is 9.42. The van der Waals surface area contributed by atoms with Gasteiger partial charge in [0, 0.05) is 25.1 Å². The van der Waals surface area contributed by atoms with Gasteiger partial charge >= 0.3 is 0 Å². The number of rotatable bonds is 3. The van der Waals surface area contributed by atoms with Crippen LogP contribution in [0.15, 0.2) is 18.2 Å². The third-order valence-electron chi connectivity index (χ3n) is 7.69. The van der Waals surface area contributed by atoms with Gasteiger partial charge in [-0.25, -0.2) is 0 Å². The molecule has 3 fully saturated rings. The van der Waals surface area contributed by atoms with E-state index in [4.69, 9.17) is 0 Å². The van der Waals surface area contributed by atoms with Crippen molar-refractivity contribution in [3.05, 3.63) is 34.9 Å². The van der Waals surface area contributed by atoms with Crippen molar-refractivity contribution in [3.63, 3.8) is 0 Å². The highest BCUT2D eigenvalue weighted by molar-refractivity contribution is 6.05. The summed E-state index contributed by atoms with van der Waals surface area (Å²) < 4.78 is 0. The minimum absolute atomic E-state index is 0.0732. The summed E-state index contributed by atoms with van der Waals surface area (Å²) in [6.45, 7) is 2.82. The first kappa shape index (κ1) is 18.8. The number of carbonyl (C=O) groups is 3. The molecule has 1 saturated carbocycles. The number of piperidine rings is 1. The number of hydrogen-bond donors (Lipinski definition) is 2. The van der Waals surface area contributed by atoms with Crippen LogP contribution in [0.25, 0.3) is 0 Å². The van der Waals surface area contributed by atoms with Crippen molar-refractivity contribution >= 4 is 17.7 Å². The number of nitrogens with one attached hydrogen (secondary N) is 2. The largest absolute Gasteiger partial charge is 0.322 e. The van der Waals surface area contributed by atoms with Crippen LogP contribution in [0.2, 0.25) is 0 Å². The lowest BCUT2D eigenvalue weighted by atomic mass is 9.68. The summed E-state index contributed by atoms with van der Waals surface area (Å²) in [5.74, 6) is 0.0128. The Bertz CT molecular complexity index is 849. The molecule has 3 heterocycles. The fourth-order valence-corrected chi connectivity index (χ4v) is 5.87. The maximum atomic E-state index is 13.0. The predicted octanol–water partition coefficient (Wildman–Crippen LogP) is 2.16. The Kier molecular flexibility index (Phi) is 4.69. The molecule has 3 amide bonds. The molecule has 6 nitrogen and oxygen atoms in total. The van der Waals surface area contributed by atoms with E-state index in [-0.39, 0.29) is 17.7 Å². The summed E-state index contributed by atoms with van der Waals surface area (Å²) in [5, 5.41) is 5.91. The summed E-state index contributed by atoms with van der Waals surface area (Å²) in [6.07, 6.45) is 8.17. The van der Waals surface area contributed by atoms with E-state index in [2.05, 4.69) is 16.7 Å². The molecule has 3 aliphatic heterocycles. The molecule has 1 atom stereocenters. The molecule has 1 aliphatic carbocycles. The number of nitrogens with zero attached hydrogens (tertiary/aromatic N) is 1. The molecule has 29 heavy (non-hydrogen) atoms. The van der Waals surface area contributed by atoms with Crippen LogP contribution in [0.1, 0.15) is 66.4 Å². The number of hydrogen-bond acceptors (Lipinski definition) is 4. The van der Waals surface area contributed by atoms with Crippen molar-refractivity contribution in [2.45, 2.75) is 64.0 Å². The molecular formula is C23H29N3O3. The van der Waals surface area contributed by atoms with Crippen LogP contribution in [0, 0.1) is 11.3 Å². The Labute approximate surface area is 171 Å². The van der Waals surface area contributed by atoms with E-state index in [1.54, 1.807) is 4.90 Å². The van der Waals surface area contributed by atoms with E-state index in [0.29, 0.717) is 30.7 Å². The first-order valence-electron chi connectivity index (χ1n) is 11.0. The van der Waals surface area contributed by atoms with Crippen molar-refractivity contribution in [1.29, 1.82) is 0 Å². The van der Waals surface area contributed by atoms with E-state index in [1.807, 2.05) is 12.1 Å². The minimum atomic E-state index is -0.537. The molecule has 154 valence electrons. The lowest BCUT2D eigenvalue weighted by molar-refractivity contribution is -0.136. The molecule has 1 unspecified atom stereocenters. The van der Waals surface area contributed by atoms with Gasteiger partial charge in [-0.3, -0.25) is 19.7 Å². The molecule has 0 aromatic heterocycles. The first-order chi connectivity index (χ1) is 14.0. The Balaban J connectivity index is 1.30. The van der Waals surface area contributed by atoms with Gasteiger partial charge < -0.3 is 10.2 Å². The van der Waals surface area contributed by atoms with Gasteiger partial charge in [-0.1, -0.05) is 12.1 Å². The molecule has 2 N–H and O–H groups in total. The zero-order valence-electron chi connectivity index (χ0n) is 16.8. The normalized spacial score (nSPS) is 32.0. The number of fused-ring (bicyclic) bond motifs is 1. The van der Waals surface area contributed by atoms with Crippen LogP contribution in [-0.2, 0) is 22.6 Å². The van der Waals surface area contributed by atoms with E-state index in [1.165, 1.54) is 44.2 Å². The van der Waals surface area contributed by atoms with Gasteiger partial charge in [-0.15, -0.1) is 0 Å². The highest BCUT2D eigenvalue weighted by Crippen LogP contribution is 2.44. The van der Waals surface area contributed by atoms with Crippen molar-refractivity contribution in [2.75, 3.05) is 13.1 Å². The van der Waals surface area contributed by atoms with Crippen LogP contribution < -0.4 is 10.6 Å². The average Bonchev–Trinajstić information content (AvgIpc) is 3.30. The lowest BCUT2D eigenvalue weighted by Crippen LogP contribution is -2.52. The number of benzene rings is 1. The quantitative estimate of drug-likeness (QED) is 0.769. The third-order valence-corrected chi connectivity index (χ3v) is 7.69. The van der Waals surface area contributed by atoms with Gasteiger partial charge in [-0.05, 0) is 80.0 Å². The Morgan fingerprint density at radius 3 is 2.62 bits per heavy atom. The molecular weight excluding hydrogens is 366 g/mol. The molecule has 4 aliphatic rings. The third kappa shape index (κ3) is 3.37. The number of imide groups is 1. The second-order valence-electron chi connectivity index (χ2n) is 9.42. The SMILES string of the molecule is O=C1CCC(N2Cc3c(CC4CCC5(CCNC5)CC4)cccc3C2=O)C(=O)N1. The Morgan fingerprint density at radius 2 is 1.90 bits per heavy atom. The van der Waals surface area contributed by atoms with Crippen LogP contribution in [0.3, 0.4) is 0 Å². The average molecular weight is 396 g/mol. The van der Waals surface area contributed by atoms with Crippen molar-refractivity contribution in [1.82, 2.24) is 15.5 Å². The van der Waals surface area contributed by atoms with E-state index in [0.717, 1.165) is 24.1 Å². The van der Waals surface area contributed by atoms with Crippen LogP contribution in [-0.4, -0.2) is 41.8 Å². The Morgan fingerprint density at radius 1 is 1.07 bits per heavy atom. The van der Waals surface area contributed by atoms with Gasteiger partial charge in [-0.2, -0.15) is 0 Å². The molecule has 5 rings (SSSR count). The topological polar surface area (TPSA) is 78.5 Å². The fraction of sp³-hybridized carbons (Fsp3) is 0.609. The molecule has 2 saturated heterocycles. The summed E-state index contributed by atoms with van der Waals surface area (Å²) in [5.41, 5.74) is 3.62. The van der Waals surface area contributed by atoms with Crippen LogP contribution in [0.4, 0.5) is 0 Å². The molecule has 6 heteroatoms. The van der Waals surface area contributed by atoms with E-state index >= 15 is 0 Å². The highest BCUT2D eigenvalue weighted by atomic mass is 16.2. The smallest absolute Gasteiger partial charge is 0.255 e.